The van der Waals surface area contributed by atoms with Gasteiger partial charge in [0.25, 0.3) is 0 Å². The van der Waals surface area contributed by atoms with E-state index in [9.17, 15) is 0 Å². The van der Waals surface area contributed by atoms with Crippen LogP contribution in [0.15, 0.2) is 168 Å². The van der Waals surface area contributed by atoms with Crippen molar-refractivity contribution in [3.05, 3.63) is 191 Å². The van der Waals surface area contributed by atoms with Crippen molar-refractivity contribution in [3.8, 4) is 11.1 Å². The molecule has 0 N–H and O–H groups in total. The summed E-state index contributed by atoms with van der Waals surface area (Å²) in [7, 11) is 0. The second-order valence-corrected chi connectivity index (χ2v) is 10.9. The summed E-state index contributed by atoms with van der Waals surface area (Å²) in [5.74, 6) is 0. The van der Waals surface area contributed by atoms with Crippen molar-refractivity contribution >= 4 is 22.8 Å². The van der Waals surface area contributed by atoms with Gasteiger partial charge in [-0.15, -0.1) is 0 Å². The van der Waals surface area contributed by atoms with Gasteiger partial charge >= 0.3 is 0 Å². The molecule has 1 aliphatic rings. The minimum absolute atomic E-state index is 0.987. The maximum atomic E-state index is 5.20. The van der Waals surface area contributed by atoms with Crippen LogP contribution in [0.2, 0.25) is 0 Å². The van der Waals surface area contributed by atoms with E-state index in [0.717, 1.165) is 64.3 Å². The molecule has 0 aromatic heterocycles. The molecule has 0 saturated carbocycles. The fourth-order valence-electron chi connectivity index (χ4n) is 5.94. The molecule has 6 aromatic carbocycles. The molecular formula is C41H32N2. The number of benzene rings is 6. The molecule has 2 nitrogen and oxygen atoms in total. The molecule has 7 rings (SSSR count). The minimum atomic E-state index is 0.987. The topological polar surface area (TPSA) is 24.7 Å². The van der Waals surface area contributed by atoms with E-state index in [1.54, 1.807) is 0 Å². The Morgan fingerprint density at radius 2 is 0.698 bits per heavy atom. The van der Waals surface area contributed by atoms with Crippen molar-refractivity contribution in [2.75, 3.05) is 0 Å². The first kappa shape index (κ1) is 26.6. The van der Waals surface area contributed by atoms with Gasteiger partial charge in [-0.2, -0.15) is 0 Å². The van der Waals surface area contributed by atoms with Gasteiger partial charge in [0.2, 0.25) is 0 Å². The van der Waals surface area contributed by atoms with Gasteiger partial charge in [-0.05, 0) is 65.8 Å². The molecule has 1 aliphatic carbocycles. The van der Waals surface area contributed by atoms with Crippen LogP contribution in [-0.2, 0) is 12.8 Å². The van der Waals surface area contributed by atoms with E-state index in [4.69, 9.17) is 9.98 Å². The van der Waals surface area contributed by atoms with Crippen LogP contribution in [-0.4, -0.2) is 11.4 Å². The van der Waals surface area contributed by atoms with Crippen LogP contribution >= 0.6 is 0 Å². The van der Waals surface area contributed by atoms with Crippen LogP contribution in [0.3, 0.4) is 0 Å². The summed E-state index contributed by atoms with van der Waals surface area (Å²) in [5.41, 5.74) is 13.7. The highest BCUT2D eigenvalue weighted by Crippen LogP contribution is 2.37. The zero-order valence-electron chi connectivity index (χ0n) is 24.0. The number of hydrogen-bond donors (Lipinski definition) is 0. The molecule has 0 heterocycles. The van der Waals surface area contributed by atoms with Crippen molar-refractivity contribution in [1.82, 2.24) is 0 Å². The molecule has 0 amide bonds. The van der Waals surface area contributed by atoms with Crippen molar-refractivity contribution in [3.63, 3.8) is 0 Å². The SMILES string of the molecule is c1ccc(C(=Nc2ccc3c(c2)CCCc2cc(N=C(c4ccccc4)c4ccccc4)ccc2-3)c2ccccc2)cc1. The molecule has 0 fully saturated rings. The quantitative estimate of drug-likeness (QED) is 0.184. The average molecular weight is 553 g/mol. The monoisotopic (exact) mass is 552 g/mol. The van der Waals surface area contributed by atoms with Crippen LogP contribution in [0.25, 0.3) is 11.1 Å². The van der Waals surface area contributed by atoms with Crippen LogP contribution in [0.4, 0.5) is 11.4 Å². The largest absolute Gasteiger partial charge is 0.248 e. The summed E-state index contributed by atoms with van der Waals surface area (Å²) in [5, 5.41) is 0. The van der Waals surface area contributed by atoms with Crippen molar-refractivity contribution < 1.29 is 0 Å². The maximum Gasteiger partial charge on any atom is 0.0781 e. The van der Waals surface area contributed by atoms with Gasteiger partial charge in [-0.1, -0.05) is 133 Å². The summed E-state index contributed by atoms with van der Waals surface area (Å²) < 4.78 is 0. The fraction of sp³-hybridized carbons (Fsp3) is 0.0732. The molecule has 0 radical (unpaired) electrons. The molecule has 0 saturated heterocycles. The average Bonchev–Trinajstić information content (AvgIpc) is 3.26. The van der Waals surface area contributed by atoms with Crippen molar-refractivity contribution in [2.24, 2.45) is 9.98 Å². The fourth-order valence-corrected chi connectivity index (χ4v) is 5.94. The summed E-state index contributed by atoms with van der Waals surface area (Å²) in [6, 6.07) is 55.2. The maximum absolute atomic E-state index is 5.20. The second-order valence-electron chi connectivity index (χ2n) is 10.9. The number of rotatable bonds is 6. The van der Waals surface area contributed by atoms with Crippen LogP contribution < -0.4 is 0 Å². The summed E-state index contributed by atoms with van der Waals surface area (Å²) >= 11 is 0. The second kappa shape index (κ2) is 12.3. The molecule has 43 heavy (non-hydrogen) atoms. The van der Waals surface area contributed by atoms with Gasteiger partial charge in [0.1, 0.15) is 0 Å². The lowest BCUT2D eigenvalue weighted by molar-refractivity contribution is 0.835. The first-order chi connectivity index (χ1) is 21.3. The Labute approximate surface area is 253 Å². The molecule has 0 atom stereocenters. The van der Waals surface area contributed by atoms with E-state index < -0.39 is 0 Å². The van der Waals surface area contributed by atoms with E-state index in [1.165, 1.54) is 22.3 Å². The molecule has 2 heteroatoms. The van der Waals surface area contributed by atoms with Crippen molar-refractivity contribution in [2.45, 2.75) is 19.3 Å². The number of nitrogens with zero attached hydrogens (tertiary/aromatic N) is 2. The van der Waals surface area contributed by atoms with Gasteiger partial charge in [0.15, 0.2) is 0 Å². The predicted octanol–water partition coefficient (Wildman–Crippen LogP) is 10.2. The molecule has 0 aliphatic heterocycles. The van der Waals surface area contributed by atoms with Crippen LogP contribution in [0, 0.1) is 0 Å². The summed E-state index contributed by atoms with van der Waals surface area (Å²) in [4.78, 5) is 10.4. The third kappa shape index (κ3) is 5.86. The smallest absolute Gasteiger partial charge is 0.0781 e. The lowest BCUT2D eigenvalue weighted by Gasteiger charge is -2.13. The number of aliphatic imine (C=N–C) groups is 2. The third-order valence-electron chi connectivity index (χ3n) is 8.03. The molecule has 6 aromatic rings. The van der Waals surface area contributed by atoms with Crippen LogP contribution in [0.1, 0.15) is 39.8 Å². The highest BCUT2D eigenvalue weighted by atomic mass is 14.8. The van der Waals surface area contributed by atoms with E-state index in [0.29, 0.717) is 0 Å². The van der Waals surface area contributed by atoms with E-state index in [-0.39, 0.29) is 0 Å². The first-order valence-corrected chi connectivity index (χ1v) is 15.0. The normalized spacial score (nSPS) is 11.9. The zero-order valence-corrected chi connectivity index (χ0v) is 24.0. The minimum Gasteiger partial charge on any atom is -0.248 e. The van der Waals surface area contributed by atoms with Gasteiger partial charge < -0.3 is 0 Å². The highest BCUT2D eigenvalue weighted by molar-refractivity contribution is 6.14. The molecular weight excluding hydrogens is 520 g/mol. The number of fused-ring (bicyclic) bond motifs is 3. The highest BCUT2D eigenvalue weighted by Gasteiger charge is 2.17. The molecule has 0 spiro atoms. The number of aryl methyl sites for hydroxylation is 2. The summed E-state index contributed by atoms with van der Waals surface area (Å²) in [6.45, 7) is 0. The molecule has 206 valence electrons. The molecule has 0 bridgehead atoms. The standard InChI is InChI=1S/C41H32N2/c1-5-14-30(15-6-1)40(31-16-7-2-8-17-31)42-36-24-26-38-34(28-36)22-13-23-35-29-37(25-27-39(35)38)43-41(32-18-9-3-10-19-32)33-20-11-4-12-21-33/h1-12,14-21,24-29H,13,22-23H2. The van der Waals surface area contributed by atoms with Crippen LogP contribution in [0.5, 0.6) is 0 Å². The Kier molecular flexibility index (Phi) is 7.57. The lowest BCUT2D eigenvalue weighted by atomic mass is 9.95. The van der Waals surface area contributed by atoms with Gasteiger partial charge in [0.05, 0.1) is 22.8 Å². The van der Waals surface area contributed by atoms with E-state index in [1.807, 2.05) is 24.3 Å². The lowest BCUT2D eigenvalue weighted by Crippen LogP contribution is -2.02. The van der Waals surface area contributed by atoms with Gasteiger partial charge in [-0.25, -0.2) is 9.98 Å². The Hall–Kier alpha value is -5.34. The first-order valence-electron chi connectivity index (χ1n) is 15.0. The van der Waals surface area contributed by atoms with E-state index in [2.05, 4.69) is 133 Å². The third-order valence-corrected chi connectivity index (χ3v) is 8.03. The van der Waals surface area contributed by atoms with Gasteiger partial charge in [0, 0.05) is 22.3 Å². The summed E-state index contributed by atoms with van der Waals surface area (Å²) in [6.07, 6.45) is 3.14. The Bertz CT molecular complexity index is 1680. The Morgan fingerprint density at radius 3 is 1.02 bits per heavy atom. The Balaban J connectivity index is 1.26. The predicted molar refractivity (Wildman–Crippen MR) is 180 cm³/mol. The molecule has 0 unspecified atom stereocenters. The zero-order chi connectivity index (χ0) is 28.8. The van der Waals surface area contributed by atoms with Gasteiger partial charge in [-0.3, -0.25) is 0 Å². The van der Waals surface area contributed by atoms with Crippen molar-refractivity contribution in [1.29, 1.82) is 0 Å². The van der Waals surface area contributed by atoms with E-state index >= 15 is 0 Å². The Morgan fingerprint density at radius 1 is 0.372 bits per heavy atom. The number of hydrogen-bond acceptors (Lipinski definition) is 2.